The molecular formula is C14H22N2O3. The van der Waals surface area contributed by atoms with Crippen LogP contribution in [0.5, 0.6) is 5.75 Å². The second kappa shape index (κ2) is 7.63. The Morgan fingerprint density at radius 3 is 2.63 bits per heavy atom. The molecule has 19 heavy (non-hydrogen) atoms. The molecule has 1 unspecified atom stereocenters. The van der Waals surface area contributed by atoms with Crippen molar-refractivity contribution >= 4 is 11.7 Å². The first kappa shape index (κ1) is 15.3. The van der Waals surface area contributed by atoms with Crippen molar-refractivity contribution in [3.8, 4) is 5.75 Å². The normalized spacial score (nSPS) is 11.8. The van der Waals surface area contributed by atoms with Crippen molar-refractivity contribution < 1.29 is 14.3 Å². The van der Waals surface area contributed by atoms with Gasteiger partial charge in [0.15, 0.2) is 0 Å². The molecule has 0 bridgehead atoms. The first-order valence-corrected chi connectivity index (χ1v) is 6.29. The molecule has 1 aromatic carbocycles. The van der Waals surface area contributed by atoms with Crippen LogP contribution in [0.25, 0.3) is 0 Å². The van der Waals surface area contributed by atoms with Crippen LogP contribution in [0.3, 0.4) is 0 Å². The zero-order valence-corrected chi connectivity index (χ0v) is 12.0. The molecule has 106 valence electrons. The molecule has 0 fully saturated rings. The van der Waals surface area contributed by atoms with Gasteiger partial charge in [-0.15, -0.1) is 0 Å². The molecule has 0 heterocycles. The Kier molecular flexibility index (Phi) is 6.15. The highest BCUT2D eigenvalue weighted by Gasteiger charge is 2.21. The lowest BCUT2D eigenvalue weighted by atomic mass is 10.2. The standard InChI is InChI=1S/C14H22N2O3/c1-5-15-11(14(17)19-4)10-16(2)12-8-6-7-9-13(12)18-3/h6-9,11,15H,5,10H2,1-4H3. The molecule has 0 saturated heterocycles. The lowest BCUT2D eigenvalue weighted by molar-refractivity contribution is -0.142. The van der Waals surface area contributed by atoms with Crippen LogP contribution in [0.15, 0.2) is 24.3 Å². The van der Waals surface area contributed by atoms with E-state index >= 15 is 0 Å². The molecule has 0 aliphatic carbocycles. The van der Waals surface area contributed by atoms with Crippen molar-refractivity contribution in [1.82, 2.24) is 5.32 Å². The number of anilines is 1. The van der Waals surface area contributed by atoms with Crippen LogP contribution in [0, 0.1) is 0 Å². The van der Waals surface area contributed by atoms with Crippen LogP contribution < -0.4 is 15.0 Å². The van der Waals surface area contributed by atoms with Crippen molar-refractivity contribution in [3.63, 3.8) is 0 Å². The van der Waals surface area contributed by atoms with Gasteiger partial charge in [0.1, 0.15) is 11.8 Å². The van der Waals surface area contributed by atoms with Gasteiger partial charge in [0.25, 0.3) is 0 Å². The SMILES string of the molecule is CCNC(CN(C)c1ccccc1OC)C(=O)OC. The molecule has 0 spiro atoms. The van der Waals surface area contributed by atoms with E-state index in [1.54, 1.807) is 7.11 Å². The van der Waals surface area contributed by atoms with Crippen LogP contribution in [-0.2, 0) is 9.53 Å². The van der Waals surface area contributed by atoms with Crippen LogP contribution >= 0.6 is 0 Å². The van der Waals surface area contributed by atoms with Crippen molar-refractivity contribution in [3.05, 3.63) is 24.3 Å². The first-order valence-electron chi connectivity index (χ1n) is 6.29. The number of para-hydroxylation sites is 2. The number of hydrogen-bond donors (Lipinski definition) is 1. The lowest BCUT2D eigenvalue weighted by Crippen LogP contribution is -2.45. The summed E-state index contributed by atoms with van der Waals surface area (Å²) in [6, 6.07) is 7.35. The summed E-state index contributed by atoms with van der Waals surface area (Å²) in [5.41, 5.74) is 0.941. The minimum Gasteiger partial charge on any atom is -0.495 e. The molecule has 1 atom stereocenters. The number of hydrogen-bond acceptors (Lipinski definition) is 5. The van der Waals surface area contributed by atoms with Crippen molar-refractivity contribution in [2.75, 3.05) is 39.3 Å². The Labute approximate surface area is 114 Å². The number of carbonyl (C=O) groups is 1. The number of methoxy groups -OCH3 is 2. The van der Waals surface area contributed by atoms with E-state index in [2.05, 4.69) is 5.32 Å². The Morgan fingerprint density at radius 1 is 1.37 bits per heavy atom. The summed E-state index contributed by atoms with van der Waals surface area (Å²) in [4.78, 5) is 13.7. The van der Waals surface area contributed by atoms with Gasteiger partial charge >= 0.3 is 5.97 Å². The third-order valence-electron chi connectivity index (χ3n) is 2.89. The van der Waals surface area contributed by atoms with E-state index in [4.69, 9.17) is 9.47 Å². The average Bonchev–Trinajstić information content (AvgIpc) is 2.45. The highest BCUT2D eigenvalue weighted by Crippen LogP contribution is 2.26. The molecule has 5 heteroatoms. The van der Waals surface area contributed by atoms with Gasteiger partial charge in [-0.1, -0.05) is 19.1 Å². The van der Waals surface area contributed by atoms with E-state index in [1.165, 1.54) is 7.11 Å². The minimum atomic E-state index is -0.357. The highest BCUT2D eigenvalue weighted by atomic mass is 16.5. The molecule has 0 saturated carbocycles. The Morgan fingerprint density at radius 2 is 2.05 bits per heavy atom. The average molecular weight is 266 g/mol. The number of carbonyl (C=O) groups excluding carboxylic acids is 1. The molecule has 1 N–H and O–H groups in total. The number of nitrogens with zero attached hydrogens (tertiary/aromatic N) is 1. The maximum absolute atomic E-state index is 11.7. The van der Waals surface area contributed by atoms with Gasteiger partial charge in [-0.25, -0.2) is 0 Å². The van der Waals surface area contributed by atoms with E-state index in [9.17, 15) is 4.79 Å². The number of esters is 1. The van der Waals surface area contributed by atoms with Crippen LogP contribution in [-0.4, -0.2) is 46.4 Å². The molecule has 1 rings (SSSR count). The van der Waals surface area contributed by atoms with Gasteiger partial charge in [-0.2, -0.15) is 0 Å². The summed E-state index contributed by atoms with van der Waals surface area (Å²) in [5, 5.41) is 3.11. The van der Waals surface area contributed by atoms with E-state index in [0.29, 0.717) is 13.1 Å². The smallest absolute Gasteiger partial charge is 0.324 e. The summed E-state index contributed by atoms with van der Waals surface area (Å²) in [7, 11) is 4.95. The van der Waals surface area contributed by atoms with Crippen molar-refractivity contribution in [2.45, 2.75) is 13.0 Å². The van der Waals surface area contributed by atoms with E-state index in [-0.39, 0.29) is 12.0 Å². The molecular weight excluding hydrogens is 244 g/mol. The van der Waals surface area contributed by atoms with Crippen molar-refractivity contribution in [2.24, 2.45) is 0 Å². The Hall–Kier alpha value is -1.75. The quantitative estimate of drug-likeness (QED) is 0.754. The Bertz CT molecular complexity index is 409. The lowest BCUT2D eigenvalue weighted by Gasteiger charge is -2.26. The van der Waals surface area contributed by atoms with Crippen molar-refractivity contribution in [1.29, 1.82) is 0 Å². The second-order valence-electron chi connectivity index (χ2n) is 4.19. The summed E-state index contributed by atoms with van der Waals surface area (Å²) in [6.07, 6.45) is 0. The number of nitrogens with one attached hydrogen (secondary N) is 1. The predicted octanol–water partition coefficient (Wildman–Crippen LogP) is 1.28. The molecule has 0 aliphatic rings. The van der Waals surface area contributed by atoms with Gasteiger partial charge in [-0.3, -0.25) is 4.79 Å². The first-order chi connectivity index (χ1) is 9.13. The van der Waals surface area contributed by atoms with Crippen LogP contribution in [0.4, 0.5) is 5.69 Å². The van der Waals surface area contributed by atoms with Crippen LogP contribution in [0.2, 0.25) is 0 Å². The molecule has 5 nitrogen and oxygen atoms in total. The fourth-order valence-corrected chi connectivity index (χ4v) is 1.93. The summed E-state index contributed by atoms with van der Waals surface area (Å²) in [5.74, 6) is 0.522. The molecule has 0 amide bonds. The number of rotatable bonds is 7. The molecule has 0 radical (unpaired) electrons. The fraction of sp³-hybridized carbons (Fsp3) is 0.500. The van der Waals surface area contributed by atoms with Gasteiger partial charge in [-0.05, 0) is 18.7 Å². The zero-order chi connectivity index (χ0) is 14.3. The largest absolute Gasteiger partial charge is 0.495 e. The topological polar surface area (TPSA) is 50.8 Å². The monoisotopic (exact) mass is 266 g/mol. The highest BCUT2D eigenvalue weighted by molar-refractivity contribution is 5.76. The summed E-state index contributed by atoms with van der Waals surface area (Å²) >= 11 is 0. The Balaban J connectivity index is 2.81. The zero-order valence-electron chi connectivity index (χ0n) is 12.0. The van der Waals surface area contributed by atoms with Crippen LogP contribution in [0.1, 0.15) is 6.92 Å². The minimum absolute atomic E-state index is 0.261. The van der Waals surface area contributed by atoms with E-state index in [0.717, 1.165) is 11.4 Å². The van der Waals surface area contributed by atoms with Gasteiger partial charge in [0.2, 0.25) is 0 Å². The summed E-state index contributed by atoms with van der Waals surface area (Å²) in [6.45, 7) is 3.18. The van der Waals surface area contributed by atoms with Gasteiger partial charge in [0, 0.05) is 13.6 Å². The fourth-order valence-electron chi connectivity index (χ4n) is 1.93. The molecule has 1 aromatic rings. The van der Waals surface area contributed by atoms with E-state index in [1.807, 2.05) is 43.1 Å². The molecule has 0 aliphatic heterocycles. The van der Waals surface area contributed by atoms with Gasteiger partial charge in [0.05, 0.1) is 19.9 Å². The predicted molar refractivity (Wildman–Crippen MR) is 75.7 cm³/mol. The maximum atomic E-state index is 11.7. The maximum Gasteiger partial charge on any atom is 0.324 e. The molecule has 0 aromatic heterocycles. The number of likely N-dealkylation sites (N-methyl/N-ethyl adjacent to an activating group) is 2. The third kappa shape index (κ3) is 4.13. The number of ether oxygens (including phenoxy) is 2. The number of benzene rings is 1. The second-order valence-corrected chi connectivity index (χ2v) is 4.19. The third-order valence-corrected chi connectivity index (χ3v) is 2.89. The summed E-state index contributed by atoms with van der Waals surface area (Å²) < 4.78 is 10.1. The van der Waals surface area contributed by atoms with Gasteiger partial charge < -0.3 is 19.7 Å². The van der Waals surface area contributed by atoms with E-state index < -0.39 is 0 Å².